The van der Waals surface area contributed by atoms with Crippen molar-refractivity contribution in [1.29, 1.82) is 0 Å². The number of guanidine groups is 1. The fourth-order valence-electron chi connectivity index (χ4n) is 2.74. The number of hydrogen-bond acceptors (Lipinski definition) is 3. The third kappa shape index (κ3) is 5.88. The van der Waals surface area contributed by atoms with Gasteiger partial charge in [-0.3, -0.25) is 4.99 Å². The number of halogens is 1. The van der Waals surface area contributed by atoms with Gasteiger partial charge in [-0.1, -0.05) is 22.0 Å². The van der Waals surface area contributed by atoms with Crippen LogP contribution in [0.5, 0.6) is 0 Å². The van der Waals surface area contributed by atoms with Gasteiger partial charge < -0.3 is 15.5 Å². The topological polar surface area (TPSA) is 39.7 Å². The van der Waals surface area contributed by atoms with Crippen LogP contribution < -0.4 is 15.5 Å². The van der Waals surface area contributed by atoms with Crippen molar-refractivity contribution in [2.24, 2.45) is 10.9 Å². The van der Waals surface area contributed by atoms with Gasteiger partial charge in [0.1, 0.15) is 0 Å². The van der Waals surface area contributed by atoms with Crippen molar-refractivity contribution in [2.75, 3.05) is 44.4 Å². The first kappa shape index (κ1) is 19.4. The maximum Gasteiger partial charge on any atom is 0.191 e. The molecule has 1 fully saturated rings. The lowest BCUT2D eigenvalue weighted by molar-refractivity contribution is 0.562. The van der Waals surface area contributed by atoms with E-state index in [1.54, 1.807) is 0 Å². The Kier molecular flexibility index (Phi) is 7.29. The predicted octanol–water partition coefficient (Wildman–Crippen LogP) is 3.58. The molecule has 0 spiro atoms. The molecular formula is C18H29BrN4S. The molecule has 0 bridgehead atoms. The molecule has 2 N–H and O–H groups in total. The maximum absolute atomic E-state index is 4.34. The van der Waals surface area contributed by atoms with Crippen LogP contribution in [0.1, 0.15) is 20.3 Å². The number of nitrogens with zero attached hydrogens (tertiary/aromatic N) is 2. The second-order valence-corrected chi connectivity index (χ2v) is 9.28. The molecule has 1 aliphatic rings. The molecule has 2 rings (SSSR count). The molecule has 0 aromatic heterocycles. The van der Waals surface area contributed by atoms with E-state index in [0.717, 1.165) is 36.6 Å². The molecule has 1 aliphatic heterocycles. The molecule has 0 radical (unpaired) electrons. The highest BCUT2D eigenvalue weighted by Gasteiger charge is 2.23. The number of anilines is 1. The zero-order valence-electron chi connectivity index (χ0n) is 15.1. The quantitative estimate of drug-likeness (QED) is 0.553. The van der Waals surface area contributed by atoms with Crippen LogP contribution in [-0.2, 0) is 0 Å². The minimum absolute atomic E-state index is 0.211. The van der Waals surface area contributed by atoms with E-state index in [4.69, 9.17) is 0 Å². The number of hydrogen-bond donors (Lipinski definition) is 2. The van der Waals surface area contributed by atoms with E-state index in [2.05, 4.69) is 80.8 Å². The van der Waals surface area contributed by atoms with Crippen LogP contribution >= 0.6 is 27.7 Å². The second kappa shape index (κ2) is 8.99. The van der Waals surface area contributed by atoms with Gasteiger partial charge in [-0.15, -0.1) is 0 Å². The molecule has 1 saturated heterocycles. The van der Waals surface area contributed by atoms with E-state index >= 15 is 0 Å². The summed E-state index contributed by atoms with van der Waals surface area (Å²) in [5.41, 5.74) is 1.30. The predicted molar refractivity (Wildman–Crippen MR) is 111 cm³/mol. The maximum atomic E-state index is 4.34. The summed E-state index contributed by atoms with van der Waals surface area (Å²) in [4.78, 5) is 6.80. The van der Waals surface area contributed by atoms with Gasteiger partial charge in [-0.2, -0.15) is 11.8 Å². The molecule has 1 unspecified atom stereocenters. The average Bonchev–Trinajstić information content (AvgIpc) is 3.04. The number of benzene rings is 1. The van der Waals surface area contributed by atoms with Gasteiger partial charge in [-0.05, 0) is 50.6 Å². The largest absolute Gasteiger partial charge is 0.371 e. The minimum Gasteiger partial charge on any atom is -0.371 e. The Labute approximate surface area is 159 Å². The van der Waals surface area contributed by atoms with Crippen molar-refractivity contribution in [3.63, 3.8) is 0 Å². The summed E-state index contributed by atoms with van der Waals surface area (Å²) in [6.45, 7) is 8.56. The van der Waals surface area contributed by atoms with Gasteiger partial charge in [0.2, 0.25) is 0 Å². The van der Waals surface area contributed by atoms with E-state index in [1.165, 1.54) is 12.1 Å². The van der Waals surface area contributed by atoms with Gasteiger partial charge in [-0.25, -0.2) is 0 Å². The highest BCUT2D eigenvalue weighted by Crippen LogP contribution is 2.26. The van der Waals surface area contributed by atoms with Crippen LogP contribution in [0.4, 0.5) is 5.69 Å². The van der Waals surface area contributed by atoms with Gasteiger partial charge in [0.15, 0.2) is 5.96 Å². The zero-order valence-corrected chi connectivity index (χ0v) is 17.5. The first-order valence-corrected chi connectivity index (χ1v) is 10.5. The molecule has 1 aromatic carbocycles. The fourth-order valence-corrected chi connectivity index (χ4v) is 3.34. The highest BCUT2D eigenvalue weighted by atomic mass is 79.9. The van der Waals surface area contributed by atoms with Crippen LogP contribution in [-0.4, -0.2) is 50.2 Å². The van der Waals surface area contributed by atoms with E-state index in [-0.39, 0.29) is 4.75 Å². The summed E-state index contributed by atoms with van der Waals surface area (Å²) < 4.78 is 1.35. The zero-order chi connectivity index (χ0) is 17.6. The van der Waals surface area contributed by atoms with Crippen LogP contribution in [0.15, 0.2) is 33.7 Å². The first-order valence-electron chi connectivity index (χ1n) is 8.44. The molecule has 6 heteroatoms. The minimum atomic E-state index is 0.211. The van der Waals surface area contributed by atoms with Gasteiger partial charge in [0.25, 0.3) is 0 Å². The third-order valence-electron chi connectivity index (χ3n) is 4.48. The molecule has 1 heterocycles. The number of aliphatic imine (C=N–C) groups is 1. The Morgan fingerprint density at radius 3 is 2.88 bits per heavy atom. The second-order valence-electron chi connectivity index (χ2n) is 6.85. The Bertz CT molecular complexity index is 562. The van der Waals surface area contributed by atoms with Crippen LogP contribution in [0.3, 0.4) is 0 Å². The van der Waals surface area contributed by atoms with E-state index < -0.39 is 0 Å². The standard InChI is InChI=1S/C18H29BrN4S/c1-18(2,24-4)13-22-17(20-3)21-11-14-8-9-23(12-14)16-7-5-6-15(19)10-16/h5-7,10,14H,8-9,11-13H2,1-4H3,(H2,20,21,22). The van der Waals surface area contributed by atoms with Crippen LogP contribution in [0, 0.1) is 5.92 Å². The number of nitrogens with one attached hydrogen (secondary N) is 2. The SMILES string of the molecule is CN=C(NCC1CCN(c2cccc(Br)c2)C1)NCC(C)(C)SC. The van der Waals surface area contributed by atoms with Crippen molar-refractivity contribution < 1.29 is 0 Å². The van der Waals surface area contributed by atoms with Crippen molar-refractivity contribution in [2.45, 2.75) is 25.0 Å². The Balaban J connectivity index is 1.78. The Morgan fingerprint density at radius 1 is 1.42 bits per heavy atom. The molecule has 0 amide bonds. The summed E-state index contributed by atoms with van der Waals surface area (Å²) in [5.74, 6) is 1.55. The van der Waals surface area contributed by atoms with Crippen molar-refractivity contribution in [1.82, 2.24) is 10.6 Å². The Morgan fingerprint density at radius 2 is 2.21 bits per heavy atom. The highest BCUT2D eigenvalue weighted by molar-refractivity contribution is 9.10. The van der Waals surface area contributed by atoms with E-state index in [9.17, 15) is 0 Å². The number of rotatable bonds is 6. The van der Waals surface area contributed by atoms with Crippen molar-refractivity contribution in [3.05, 3.63) is 28.7 Å². The monoisotopic (exact) mass is 412 g/mol. The summed E-state index contributed by atoms with van der Waals surface area (Å²) in [6, 6.07) is 8.56. The smallest absolute Gasteiger partial charge is 0.191 e. The third-order valence-corrected chi connectivity index (χ3v) is 6.22. The lowest BCUT2D eigenvalue weighted by atomic mass is 10.1. The molecular weight excluding hydrogens is 384 g/mol. The summed E-state index contributed by atoms with van der Waals surface area (Å²) in [5, 5.41) is 6.92. The van der Waals surface area contributed by atoms with Crippen LogP contribution in [0.2, 0.25) is 0 Å². The summed E-state index contributed by atoms with van der Waals surface area (Å²) >= 11 is 5.42. The molecule has 134 valence electrons. The van der Waals surface area contributed by atoms with E-state index in [0.29, 0.717) is 5.92 Å². The number of thioether (sulfide) groups is 1. The van der Waals surface area contributed by atoms with Crippen LogP contribution in [0.25, 0.3) is 0 Å². The summed E-state index contributed by atoms with van der Waals surface area (Å²) in [7, 11) is 1.84. The molecule has 0 saturated carbocycles. The lowest BCUT2D eigenvalue weighted by Gasteiger charge is -2.24. The first-order chi connectivity index (χ1) is 11.4. The Hall–Kier alpha value is -0.880. The molecule has 4 nitrogen and oxygen atoms in total. The fraction of sp³-hybridized carbons (Fsp3) is 0.611. The molecule has 0 aliphatic carbocycles. The summed E-state index contributed by atoms with van der Waals surface area (Å²) in [6.07, 6.45) is 3.36. The average molecular weight is 413 g/mol. The molecule has 1 atom stereocenters. The van der Waals surface area contributed by atoms with Crippen molar-refractivity contribution >= 4 is 39.3 Å². The van der Waals surface area contributed by atoms with Gasteiger partial charge in [0.05, 0.1) is 0 Å². The normalized spacial score (nSPS) is 18.8. The molecule has 24 heavy (non-hydrogen) atoms. The van der Waals surface area contributed by atoms with E-state index in [1.807, 2.05) is 18.8 Å². The van der Waals surface area contributed by atoms with Gasteiger partial charge >= 0.3 is 0 Å². The van der Waals surface area contributed by atoms with Gasteiger partial charge in [0, 0.05) is 48.1 Å². The lowest BCUT2D eigenvalue weighted by Crippen LogP contribution is -2.44. The van der Waals surface area contributed by atoms with Crippen molar-refractivity contribution in [3.8, 4) is 0 Å². The molecule has 1 aromatic rings.